The first kappa shape index (κ1) is 20.4. The fourth-order valence-corrected chi connectivity index (χ4v) is 4.63. The van der Waals surface area contributed by atoms with E-state index in [2.05, 4.69) is 16.4 Å². The molecule has 1 saturated heterocycles. The zero-order valence-electron chi connectivity index (χ0n) is 17.6. The van der Waals surface area contributed by atoms with Gasteiger partial charge in [0.15, 0.2) is 0 Å². The van der Waals surface area contributed by atoms with Gasteiger partial charge in [-0.15, -0.1) is 0 Å². The highest BCUT2D eigenvalue weighted by atomic mass is 16.5. The summed E-state index contributed by atoms with van der Waals surface area (Å²) in [5.41, 5.74) is 1.39. The van der Waals surface area contributed by atoms with Crippen LogP contribution in [0.15, 0.2) is 48.8 Å². The van der Waals surface area contributed by atoms with Gasteiger partial charge in [-0.3, -0.25) is 14.6 Å². The summed E-state index contributed by atoms with van der Waals surface area (Å²) in [7, 11) is 0. The number of carbonyl (C=O) groups excluding carboxylic acids is 2. The minimum absolute atomic E-state index is 0.0158. The van der Waals surface area contributed by atoms with Crippen LogP contribution in [-0.2, 0) is 4.79 Å². The van der Waals surface area contributed by atoms with Crippen LogP contribution in [0.4, 0.5) is 0 Å². The van der Waals surface area contributed by atoms with E-state index in [0.717, 1.165) is 30.6 Å². The van der Waals surface area contributed by atoms with Crippen molar-refractivity contribution < 1.29 is 14.3 Å². The molecule has 0 saturated carbocycles. The first-order valence-corrected chi connectivity index (χ1v) is 10.7. The lowest BCUT2D eigenvalue weighted by atomic mass is 9.76. The number of hydrogen-bond donors (Lipinski definition) is 1. The maximum absolute atomic E-state index is 12.8. The second kappa shape index (κ2) is 8.46. The van der Waals surface area contributed by atoms with E-state index in [1.54, 1.807) is 24.5 Å². The molecule has 2 aliphatic rings. The summed E-state index contributed by atoms with van der Waals surface area (Å²) in [5, 5.41) is 3.01. The summed E-state index contributed by atoms with van der Waals surface area (Å²) in [6.07, 6.45) is 6.06. The molecule has 1 aromatic heterocycles. The number of pyridine rings is 1. The summed E-state index contributed by atoms with van der Waals surface area (Å²) in [4.78, 5) is 31.2. The third kappa shape index (κ3) is 4.32. The van der Waals surface area contributed by atoms with E-state index in [4.69, 9.17) is 4.74 Å². The molecule has 0 radical (unpaired) electrons. The standard InChI is InChI=1S/C24H29N3O3/c1-17(2)26-22(28)14-19-15-24(30-21-8-4-3-7-20(19)21)9-12-27(13-10-24)23(29)18-6-5-11-25-16-18/h3-8,11,16-17,19H,9-10,12-15H2,1-2H3,(H,26,28)/t19-/m1/s1. The van der Waals surface area contributed by atoms with Crippen LogP contribution in [-0.4, -0.2) is 46.4 Å². The lowest BCUT2D eigenvalue weighted by Crippen LogP contribution is -2.52. The Kier molecular flexibility index (Phi) is 5.75. The Morgan fingerprint density at radius 3 is 2.67 bits per heavy atom. The van der Waals surface area contributed by atoms with Gasteiger partial charge in [0.25, 0.3) is 5.91 Å². The third-order valence-electron chi connectivity index (χ3n) is 6.06. The highest BCUT2D eigenvalue weighted by molar-refractivity contribution is 5.93. The number of para-hydroxylation sites is 1. The van der Waals surface area contributed by atoms with Crippen LogP contribution in [0.1, 0.15) is 61.4 Å². The largest absolute Gasteiger partial charge is 0.487 e. The number of piperidine rings is 1. The highest BCUT2D eigenvalue weighted by Crippen LogP contribution is 2.46. The summed E-state index contributed by atoms with van der Waals surface area (Å²) in [6.45, 7) is 5.24. The topological polar surface area (TPSA) is 71.5 Å². The molecule has 2 aromatic rings. The lowest BCUT2D eigenvalue weighted by Gasteiger charge is -2.47. The van der Waals surface area contributed by atoms with Crippen LogP contribution in [0.25, 0.3) is 0 Å². The van der Waals surface area contributed by atoms with Crippen LogP contribution in [0.5, 0.6) is 5.75 Å². The van der Waals surface area contributed by atoms with Crippen molar-refractivity contribution in [1.29, 1.82) is 0 Å². The predicted octanol–water partition coefficient (Wildman–Crippen LogP) is 3.54. The average molecular weight is 408 g/mol. The molecular formula is C24H29N3O3. The number of fused-ring (bicyclic) bond motifs is 1. The quantitative estimate of drug-likeness (QED) is 0.842. The predicted molar refractivity (Wildman–Crippen MR) is 114 cm³/mol. The van der Waals surface area contributed by atoms with Gasteiger partial charge in [0, 0.05) is 56.7 Å². The van der Waals surface area contributed by atoms with Crippen molar-refractivity contribution in [2.24, 2.45) is 0 Å². The molecule has 0 bridgehead atoms. The third-order valence-corrected chi connectivity index (χ3v) is 6.06. The van der Waals surface area contributed by atoms with Gasteiger partial charge in [-0.1, -0.05) is 18.2 Å². The van der Waals surface area contributed by atoms with Gasteiger partial charge >= 0.3 is 0 Å². The minimum Gasteiger partial charge on any atom is -0.487 e. The average Bonchev–Trinajstić information content (AvgIpc) is 2.74. The molecule has 2 amide bonds. The van der Waals surface area contributed by atoms with Crippen molar-refractivity contribution in [1.82, 2.24) is 15.2 Å². The fraction of sp³-hybridized carbons (Fsp3) is 0.458. The van der Waals surface area contributed by atoms with Gasteiger partial charge in [-0.05, 0) is 44.0 Å². The fourth-order valence-electron chi connectivity index (χ4n) is 4.63. The maximum atomic E-state index is 12.8. The SMILES string of the molecule is CC(C)NC(=O)C[C@@H]1CC2(CCN(C(=O)c3cccnc3)CC2)Oc2ccccc21. The Bertz CT molecular complexity index is 905. The van der Waals surface area contributed by atoms with E-state index >= 15 is 0 Å². The normalized spacial score (nSPS) is 19.8. The van der Waals surface area contributed by atoms with E-state index < -0.39 is 0 Å². The number of carbonyl (C=O) groups is 2. The molecule has 1 N–H and O–H groups in total. The molecule has 1 spiro atoms. The Morgan fingerprint density at radius 2 is 1.97 bits per heavy atom. The van der Waals surface area contributed by atoms with E-state index in [9.17, 15) is 9.59 Å². The molecule has 1 aromatic carbocycles. The second-order valence-corrected chi connectivity index (χ2v) is 8.68. The number of benzene rings is 1. The van der Waals surface area contributed by atoms with E-state index in [-0.39, 0.29) is 29.4 Å². The molecule has 158 valence electrons. The Labute approximate surface area is 177 Å². The Morgan fingerprint density at radius 1 is 1.20 bits per heavy atom. The van der Waals surface area contributed by atoms with Gasteiger partial charge in [0.05, 0.1) is 5.56 Å². The maximum Gasteiger partial charge on any atom is 0.255 e. The summed E-state index contributed by atoms with van der Waals surface area (Å²) in [6, 6.07) is 11.8. The monoisotopic (exact) mass is 407 g/mol. The lowest BCUT2D eigenvalue weighted by molar-refractivity contribution is -0.122. The Balaban J connectivity index is 1.48. The number of aromatic nitrogens is 1. The molecule has 4 rings (SSSR count). The number of hydrogen-bond acceptors (Lipinski definition) is 4. The smallest absolute Gasteiger partial charge is 0.255 e. The van der Waals surface area contributed by atoms with Crippen LogP contribution < -0.4 is 10.1 Å². The number of ether oxygens (including phenoxy) is 1. The zero-order chi connectivity index (χ0) is 21.1. The summed E-state index contributed by atoms with van der Waals surface area (Å²) >= 11 is 0. The first-order chi connectivity index (χ1) is 14.5. The van der Waals surface area contributed by atoms with Gasteiger partial charge < -0.3 is 15.0 Å². The number of likely N-dealkylation sites (tertiary alicyclic amines) is 1. The molecule has 1 atom stereocenters. The molecule has 6 nitrogen and oxygen atoms in total. The summed E-state index contributed by atoms with van der Waals surface area (Å²) in [5.74, 6) is 1.08. The van der Waals surface area contributed by atoms with Crippen LogP contribution in [0.3, 0.4) is 0 Å². The van der Waals surface area contributed by atoms with Gasteiger partial charge in [-0.25, -0.2) is 0 Å². The first-order valence-electron chi connectivity index (χ1n) is 10.7. The van der Waals surface area contributed by atoms with Crippen molar-refractivity contribution in [2.45, 2.75) is 57.1 Å². The summed E-state index contributed by atoms with van der Waals surface area (Å²) < 4.78 is 6.51. The van der Waals surface area contributed by atoms with E-state index in [0.29, 0.717) is 25.1 Å². The molecule has 2 aliphatic heterocycles. The van der Waals surface area contributed by atoms with E-state index in [1.165, 1.54) is 0 Å². The second-order valence-electron chi connectivity index (χ2n) is 8.68. The molecule has 0 unspecified atom stereocenters. The van der Waals surface area contributed by atoms with Crippen LogP contribution in [0.2, 0.25) is 0 Å². The number of rotatable bonds is 4. The van der Waals surface area contributed by atoms with Gasteiger partial charge in [-0.2, -0.15) is 0 Å². The van der Waals surface area contributed by atoms with Crippen molar-refractivity contribution in [3.63, 3.8) is 0 Å². The van der Waals surface area contributed by atoms with Crippen molar-refractivity contribution in [3.05, 3.63) is 59.9 Å². The van der Waals surface area contributed by atoms with Crippen molar-refractivity contribution in [2.75, 3.05) is 13.1 Å². The van der Waals surface area contributed by atoms with Gasteiger partial charge in [0.2, 0.25) is 5.91 Å². The molecule has 0 aliphatic carbocycles. The van der Waals surface area contributed by atoms with Crippen molar-refractivity contribution >= 4 is 11.8 Å². The number of nitrogens with one attached hydrogen (secondary N) is 1. The molecular weight excluding hydrogens is 378 g/mol. The minimum atomic E-state index is -0.331. The highest BCUT2D eigenvalue weighted by Gasteiger charge is 2.44. The number of nitrogens with zero attached hydrogens (tertiary/aromatic N) is 2. The van der Waals surface area contributed by atoms with Crippen LogP contribution in [0, 0.1) is 0 Å². The number of amides is 2. The van der Waals surface area contributed by atoms with Gasteiger partial charge in [0.1, 0.15) is 11.4 Å². The zero-order valence-corrected chi connectivity index (χ0v) is 17.6. The molecule has 30 heavy (non-hydrogen) atoms. The van der Waals surface area contributed by atoms with E-state index in [1.807, 2.05) is 36.9 Å². The van der Waals surface area contributed by atoms with Crippen LogP contribution >= 0.6 is 0 Å². The molecule has 3 heterocycles. The van der Waals surface area contributed by atoms with Crippen molar-refractivity contribution in [3.8, 4) is 5.75 Å². The Hall–Kier alpha value is -2.89. The molecule has 1 fully saturated rings. The molecule has 6 heteroatoms.